The lowest BCUT2D eigenvalue weighted by Crippen LogP contribution is -2.43. The molecule has 3 N–H and O–H groups in total. The number of urea groups is 1. The van der Waals surface area contributed by atoms with Gasteiger partial charge in [-0.1, -0.05) is 0 Å². The van der Waals surface area contributed by atoms with Crippen molar-refractivity contribution in [2.24, 2.45) is 5.73 Å². The normalized spacial score (nSPS) is 9.62. The topological polar surface area (TPSA) is 104 Å². The van der Waals surface area contributed by atoms with Crippen molar-refractivity contribution >= 4 is 17.9 Å². The number of hydrogen-bond donors (Lipinski definition) is 2. The minimum atomic E-state index is -0.897. The third-order valence-electron chi connectivity index (χ3n) is 1.93. The molecule has 0 unspecified atom stereocenters. The Hall–Kier alpha value is -1.79. The largest absolute Gasteiger partial charge is 0.481 e. The van der Waals surface area contributed by atoms with Crippen LogP contribution in [0.15, 0.2) is 0 Å². The van der Waals surface area contributed by atoms with Crippen LogP contribution in [0.5, 0.6) is 0 Å². The SMILES string of the molecule is CN(CCCC(=O)O)C(=O)N(C)CC(N)=O. The summed E-state index contributed by atoms with van der Waals surface area (Å²) in [6.07, 6.45) is 0.388. The van der Waals surface area contributed by atoms with Gasteiger partial charge in [-0.3, -0.25) is 9.59 Å². The van der Waals surface area contributed by atoms with E-state index in [2.05, 4.69) is 0 Å². The number of carboxylic acids is 1. The Balaban J connectivity index is 3.97. The highest BCUT2D eigenvalue weighted by Crippen LogP contribution is 1.97. The predicted octanol–water partition coefficient (Wildman–Crippen LogP) is -0.680. The second-order valence-electron chi connectivity index (χ2n) is 3.52. The van der Waals surface area contributed by atoms with Crippen LogP contribution in [0.3, 0.4) is 0 Å². The van der Waals surface area contributed by atoms with Crippen molar-refractivity contribution in [3.05, 3.63) is 0 Å². The molecule has 0 aliphatic carbocycles. The smallest absolute Gasteiger partial charge is 0.319 e. The number of rotatable bonds is 6. The van der Waals surface area contributed by atoms with E-state index in [1.807, 2.05) is 0 Å². The van der Waals surface area contributed by atoms with Crippen LogP contribution in [-0.2, 0) is 9.59 Å². The monoisotopic (exact) mass is 231 g/mol. The van der Waals surface area contributed by atoms with Crippen LogP contribution in [0.2, 0.25) is 0 Å². The fraction of sp³-hybridized carbons (Fsp3) is 0.667. The minimum Gasteiger partial charge on any atom is -0.481 e. The molecule has 0 aliphatic rings. The summed E-state index contributed by atoms with van der Waals surface area (Å²) in [4.78, 5) is 34.9. The summed E-state index contributed by atoms with van der Waals surface area (Å²) in [5.74, 6) is -1.49. The molecule has 0 aliphatic heterocycles. The first-order valence-corrected chi connectivity index (χ1v) is 4.81. The average molecular weight is 231 g/mol. The van der Waals surface area contributed by atoms with Gasteiger partial charge in [0.15, 0.2) is 0 Å². The molecule has 3 amide bonds. The van der Waals surface area contributed by atoms with Crippen LogP contribution in [-0.4, -0.2) is 60.0 Å². The van der Waals surface area contributed by atoms with Crippen LogP contribution in [0.25, 0.3) is 0 Å². The van der Waals surface area contributed by atoms with Gasteiger partial charge in [0.2, 0.25) is 5.91 Å². The number of hydrogen-bond acceptors (Lipinski definition) is 3. The van der Waals surface area contributed by atoms with Gasteiger partial charge in [-0.25, -0.2) is 4.79 Å². The number of carboxylic acid groups (broad SMARTS) is 1. The first-order chi connectivity index (χ1) is 7.34. The van der Waals surface area contributed by atoms with Crippen molar-refractivity contribution in [3.63, 3.8) is 0 Å². The summed E-state index contributed by atoms with van der Waals surface area (Å²) in [6.45, 7) is 0.177. The second kappa shape index (κ2) is 6.65. The van der Waals surface area contributed by atoms with Gasteiger partial charge in [0.25, 0.3) is 0 Å². The van der Waals surface area contributed by atoms with Gasteiger partial charge in [0.1, 0.15) is 6.54 Å². The summed E-state index contributed by atoms with van der Waals surface area (Å²) in [6, 6.07) is -0.357. The van der Waals surface area contributed by atoms with E-state index in [4.69, 9.17) is 10.8 Å². The molecule has 0 heterocycles. The Morgan fingerprint density at radius 1 is 1.19 bits per heavy atom. The number of carbonyl (C=O) groups excluding carboxylic acids is 2. The third-order valence-corrected chi connectivity index (χ3v) is 1.93. The van der Waals surface area contributed by atoms with Crippen LogP contribution >= 0.6 is 0 Å². The molecule has 0 fully saturated rings. The maximum atomic E-state index is 11.6. The molecule has 0 spiro atoms. The van der Waals surface area contributed by atoms with Crippen LogP contribution in [0.4, 0.5) is 4.79 Å². The number of aliphatic carboxylic acids is 1. The Bertz CT molecular complexity index is 280. The van der Waals surface area contributed by atoms with E-state index in [0.29, 0.717) is 13.0 Å². The third kappa shape index (κ3) is 5.84. The molecule has 0 rings (SSSR count). The average Bonchev–Trinajstić information content (AvgIpc) is 2.14. The maximum absolute atomic E-state index is 11.6. The molecule has 0 atom stereocenters. The highest BCUT2D eigenvalue weighted by Gasteiger charge is 2.15. The maximum Gasteiger partial charge on any atom is 0.319 e. The Morgan fingerprint density at radius 2 is 1.75 bits per heavy atom. The molecule has 0 saturated carbocycles. The zero-order chi connectivity index (χ0) is 12.7. The van der Waals surface area contributed by atoms with E-state index in [1.54, 1.807) is 7.05 Å². The van der Waals surface area contributed by atoms with Crippen LogP contribution < -0.4 is 5.73 Å². The van der Waals surface area contributed by atoms with Crippen molar-refractivity contribution in [1.29, 1.82) is 0 Å². The van der Waals surface area contributed by atoms with Crippen LogP contribution in [0.1, 0.15) is 12.8 Å². The van der Waals surface area contributed by atoms with Crippen molar-refractivity contribution in [3.8, 4) is 0 Å². The van der Waals surface area contributed by atoms with E-state index < -0.39 is 11.9 Å². The molecular weight excluding hydrogens is 214 g/mol. The van der Waals surface area contributed by atoms with E-state index in [0.717, 1.165) is 0 Å². The fourth-order valence-corrected chi connectivity index (χ4v) is 1.16. The summed E-state index contributed by atoms with van der Waals surface area (Å²) in [5.41, 5.74) is 4.94. The standard InChI is InChI=1S/C9H17N3O4/c1-11(5-3-4-8(14)15)9(16)12(2)6-7(10)13/h3-6H2,1-2H3,(H2,10,13)(H,14,15). The van der Waals surface area contributed by atoms with Gasteiger partial charge < -0.3 is 20.6 Å². The lowest BCUT2D eigenvalue weighted by atomic mass is 10.3. The van der Waals surface area contributed by atoms with Crippen LogP contribution in [0, 0.1) is 0 Å². The van der Waals surface area contributed by atoms with Crippen molar-refractivity contribution in [1.82, 2.24) is 9.80 Å². The zero-order valence-electron chi connectivity index (χ0n) is 9.47. The summed E-state index contributed by atoms with van der Waals surface area (Å²) >= 11 is 0. The molecule has 92 valence electrons. The molecule has 7 heteroatoms. The first-order valence-electron chi connectivity index (χ1n) is 4.81. The molecule has 0 radical (unpaired) electrons. The highest BCUT2D eigenvalue weighted by atomic mass is 16.4. The summed E-state index contributed by atoms with van der Waals surface area (Å²) < 4.78 is 0. The lowest BCUT2D eigenvalue weighted by molar-refractivity contribution is -0.137. The Morgan fingerprint density at radius 3 is 2.19 bits per heavy atom. The second-order valence-corrected chi connectivity index (χ2v) is 3.52. The number of primary amides is 1. The number of amides is 3. The predicted molar refractivity (Wildman–Crippen MR) is 56.7 cm³/mol. The summed E-state index contributed by atoms with van der Waals surface area (Å²) in [7, 11) is 3.00. The van der Waals surface area contributed by atoms with E-state index in [-0.39, 0.29) is 19.0 Å². The summed E-state index contributed by atoms with van der Waals surface area (Å²) in [5, 5.41) is 8.42. The molecule has 0 saturated heterocycles. The fourth-order valence-electron chi connectivity index (χ4n) is 1.16. The highest BCUT2D eigenvalue weighted by molar-refractivity contribution is 5.82. The number of nitrogens with two attached hydrogens (primary N) is 1. The number of likely N-dealkylation sites (N-methyl/N-ethyl adjacent to an activating group) is 1. The number of carbonyl (C=O) groups is 3. The lowest BCUT2D eigenvalue weighted by Gasteiger charge is -2.23. The minimum absolute atomic E-state index is 0.0111. The van der Waals surface area contributed by atoms with Crippen molar-refractivity contribution in [2.75, 3.05) is 27.2 Å². The van der Waals surface area contributed by atoms with Gasteiger partial charge in [-0.05, 0) is 6.42 Å². The molecule has 0 aromatic rings. The van der Waals surface area contributed by atoms with Crippen molar-refractivity contribution < 1.29 is 19.5 Å². The van der Waals surface area contributed by atoms with Gasteiger partial charge in [-0.2, -0.15) is 0 Å². The number of nitrogens with zero attached hydrogens (tertiary/aromatic N) is 2. The van der Waals surface area contributed by atoms with Gasteiger partial charge in [0, 0.05) is 27.1 Å². The first kappa shape index (κ1) is 14.2. The van der Waals surface area contributed by atoms with Crippen molar-refractivity contribution in [2.45, 2.75) is 12.8 Å². The molecule has 0 aromatic heterocycles. The van der Waals surface area contributed by atoms with Gasteiger partial charge >= 0.3 is 12.0 Å². The van der Waals surface area contributed by atoms with E-state index in [9.17, 15) is 14.4 Å². The molecule has 0 bridgehead atoms. The molecule has 7 nitrogen and oxygen atoms in total. The molecule has 16 heavy (non-hydrogen) atoms. The van der Waals surface area contributed by atoms with Gasteiger partial charge in [-0.15, -0.1) is 0 Å². The molecule has 0 aromatic carbocycles. The van der Waals surface area contributed by atoms with E-state index >= 15 is 0 Å². The molecular formula is C9H17N3O4. The zero-order valence-corrected chi connectivity index (χ0v) is 9.47. The quantitative estimate of drug-likeness (QED) is 0.632. The Kier molecular flexibility index (Phi) is 5.91. The van der Waals surface area contributed by atoms with E-state index in [1.165, 1.54) is 16.8 Å². The van der Waals surface area contributed by atoms with Gasteiger partial charge in [0.05, 0.1) is 0 Å². The Labute approximate surface area is 93.8 Å².